The van der Waals surface area contributed by atoms with Gasteiger partial charge in [-0.15, -0.1) is 0 Å². The lowest BCUT2D eigenvalue weighted by Gasteiger charge is -2.00. The predicted molar refractivity (Wildman–Crippen MR) is 65.4 cm³/mol. The fraction of sp³-hybridized carbons (Fsp3) is 0.0769. The van der Waals surface area contributed by atoms with Crippen molar-refractivity contribution in [3.05, 3.63) is 70.0 Å². The molecule has 2 aromatic rings. The number of nitro benzene ring substituents is 1. The van der Waals surface area contributed by atoms with E-state index in [0.717, 1.165) is 5.56 Å². The largest absolute Gasteiger partial charge is 0.292 e. The van der Waals surface area contributed by atoms with Crippen LogP contribution in [-0.2, 0) is 6.42 Å². The van der Waals surface area contributed by atoms with Gasteiger partial charge in [-0.2, -0.15) is 0 Å². The number of pyridine rings is 1. The molecule has 0 fully saturated rings. The zero-order chi connectivity index (χ0) is 13.0. The van der Waals surface area contributed by atoms with Crippen molar-refractivity contribution in [2.75, 3.05) is 0 Å². The van der Waals surface area contributed by atoms with Crippen molar-refractivity contribution in [2.45, 2.75) is 6.42 Å². The highest BCUT2D eigenvalue weighted by atomic mass is 16.6. The zero-order valence-electron chi connectivity index (χ0n) is 9.45. The van der Waals surface area contributed by atoms with Gasteiger partial charge in [0.05, 0.1) is 4.92 Å². The third-order valence-corrected chi connectivity index (χ3v) is 2.46. The molecule has 0 amide bonds. The quantitative estimate of drug-likeness (QED) is 0.469. The summed E-state index contributed by atoms with van der Waals surface area (Å²) in [5.41, 5.74) is 1.15. The molecule has 2 rings (SSSR count). The van der Waals surface area contributed by atoms with Crippen molar-refractivity contribution in [3.8, 4) is 0 Å². The Balaban J connectivity index is 2.10. The minimum atomic E-state index is -0.468. The van der Waals surface area contributed by atoms with Gasteiger partial charge in [0.25, 0.3) is 5.69 Å². The van der Waals surface area contributed by atoms with Crippen molar-refractivity contribution in [3.63, 3.8) is 0 Å². The second kappa shape index (κ2) is 5.18. The first-order valence-electron chi connectivity index (χ1n) is 5.34. The number of hydrogen-bond acceptors (Lipinski definition) is 4. The number of carbonyl (C=O) groups is 1. The highest BCUT2D eigenvalue weighted by molar-refractivity contribution is 5.95. The minimum Gasteiger partial charge on any atom is -0.292 e. The van der Waals surface area contributed by atoms with E-state index >= 15 is 0 Å². The Labute approximate surface area is 103 Å². The molecule has 0 unspecified atom stereocenters. The molecule has 0 aliphatic rings. The van der Waals surface area contributed by atoms with E-state index in [1.165, 1.54) is 12.1 Å². The van der Waals surface area contributed by atoms with Crippen LogP contribution >= 0.6 is 0 Å². The Hall–Kier alpha value is -2.56. The number of ketones is 1. The van der Waals surface area contributed by atoms with Crippen LogP contribution in [0.5, 0.6) is 0 Å². The molecule has 18 heavy (non-hydrogen) atoms. The van der Waals surface area contributed by atoms with Gasteiger partial charge in [-0.3, -0.25) is 19.9 Å². The number of rotatable bonds is 4. The van der Waals surface area contributed by atoms with Gasteiger partial charge in [-0.1, -0.05) is 18.2 Å². The van der Waals surface area contributed by atoms with E-state index < -0.39 is 4.92 Å². The van der Waals surface area contributed by atoms with Crippen molar-refractivity contribution >= 4 is 11.5 Å². The Bertz CT molecular complexity index is 565. The minimum absolute atomic E-state index is 0.0176. The Kier molecular flexibility index (Phi) is 3.43. The predicted octanol–water partition coefficient (Wildman–Crippen LogP) is 2.42. The molecule has 5 nitrogen and oxygen atoms in total. The van der Waals surface area contributed by atoms with E-state index in [1.54, 1.807) is 36.5 Å². The summed E-state index contributed by atoms with van der Waals surface area (Å²) < 4.78 is 0. The van der Waals surface area contributed by atoms with Gasteiger partial charge in [-0.05, 0) is 17.7 Å². The van der Waals surface area contributed by atoms with E-state index in [1.807, 2.05) is 0 Å². The molecule has 0 aliphatic carbocycles. The lowest BCUT2D eigenvalue weighted by atomic mass is 10.1. The number of nitro groups is 1. The molecule has 90 valence electrons. The number of carbonyl (C=O) groups excluding carboxylic acids is 1. The van der Waals surface area contributed by atoms with Crippen molar-refractivity contribution in [1.29, 1.82) is 0 Å². The van der Waals surface area contributed by atoms with E-state index in [-0.39, 0.29) is 17.9 Å². The summed E-state index contributed by atoms with van der Waals surface area (Å²) in [6.07, 6.45) is 1.75. The van der Waals surface area contributed by atoms with Crippen LogP contribution < -0.4 is 0 Å². The zero-order valence-corrected chi connectivity index (χ0v) is 9.45. The van der Waals surface area contributed by atoms with Crippen molar-refractivity contribution in [1.82, 2.24) is 4.98 Å². The Morgan fingerprint density at radius 2 is 1.89 bits per heavy atom. The first kappa shape index (κ1) is 11.9. The van der Waals surface area contributed by atoms with Crippen LogP contribution in [0.2, 0.25) is 0 Å². The Morgan fingerprint density at radius 1 is 1.17 bits per heavy atom. The number of hydrogen-bond donors (Lipinski definition) is 0. The molecule has 0 saturated carbocycles. The molecule has 0 spiro atoms. The van der Waals surface area contributed by atoms with Crippen LogP contribution in [0.4, 0.5) is 5.69 Å². The van der Waals surface area contributed by atoms with Crippen LogP contribution in [0.25, 0.3) is 0 Å². The highest BCUT2D eigenvalue weighted by Gasteiger charge is 2.09. The first-order chi connectivity index (χ1) is 8.66. The second-order valence-corrected chi connectivity index (χ2v) is 3.74. The molecule has 1 aromatic carbocycles. The summed E-state index contributed by atoms with van der Waals surface area (Å²) in [6, 6.07) is 11.1. The third-order valence-electron chi connectivity index (χ3n) is 2.46. The summed E-state index contributed by atoms with van der Waals surface area (Å²) in [5.74, 6) is -0.107. The van der Waals surface area contributed by atoms with Crippen LogP contribution in [-0.4, -0.2) is 15.7 Å². The SMILES string of the molecule is O=C(Cc1ccc([N+](=O)[O-])cc1)c1ccccn1. The molecule has 0 bridgehead atoms. The number of Topliss-reactive ketones (excluding diaryl/α,β-unsaturated/α-hetero) is 1. The van der Waals surface area contributed by atoms with Crippen molar-refractivity contribution < 1.29 is 9.72 Å². The average molecular weight is 242 g/mol. The fourth-order valence-electron chi connectivity index (χ4n) is 1.54. The van der Waals surface area contributed by atoms with Crippen LogP contribution in [0, 0.1) is 10.1 Å². The fourth-order valence-corrected chi connectivity index (χ4v) is 1.54. The van der Waals surface area contributed by atoms with E-state index in [0.29, 0.717) is 5.69 Å². The molecule has 5 heteroatoms. The topological polar surface area (TPSA) is 73.1 Å². The second-order valence-electron chi connectivity index (χ2n) is 3.74. The van der Waals surface area contributed by atoms with E-state index in [4.69, 9.17) is 0 Å². The maximum absolute atomic E-state index is 11.8. The molecule has 1 heterocycles. The molecular formula is C13H10N2O3. The molecule has 0 atom stereocenters. The summed E-state index contributed by atoms with van der Waals surface area (Å²) in [7, 11) is 0. The lowest BCUT2D eigenvalue weighted by molar-refractivity contribution is -0.384. The first-order valence-corrected chi connectivity index (χ1v) is 5.34. The summed E-state index contributed by atoms with van der Waals surface area (Å²) in [5, 5.41) is 10.5. The van der Waals surface area contributed by atoms with Gasteiger partial charge in [-0.25, -0.2) is 0 Å². The Morgan fingerprint density at radius 3 is 2.44 bits per heavy atom. The average Bonchev–Trinajstić information content (AvgIpc) is 2.40. The van der Waals surface area contributed by atoms with Gasteiger partial charge in [0.1, 0.15) is 5.69 Å². The summed E-state index contributed by atoms with van der Waals surface area (Å²) >= 11 is 0. The van der Waals surface area contributed by atoms with Crippen molar-refractivity contribution in [2.24, 2.45) is 0 Å². The molecular weight excluding hydrogens is 232 g/mol. The molecule has 0 N–H and O–H groups in total. The van der Waals surface area contributed by atoms with E-state index in [2.05, 4.69) is 4.98 Å². The lowest BCUT2D eigenvalue weighted by Crippen LogP contribution is -2.05. The van der Waals surface area contributed by atoms with Gasteiger partial charge in [0.15, 0.2) is 5.78 Å². The molecule has 0 radical (unpaired) electrons. The summed E-state index contributed by atoms with van der Waals surface area (Å²) in [4.78, 5) is 25.8. The van der Waals surface area contributed by atoms with E-state index in [9.17, 15) is 14.9 Å². The number of nitrogens with zero attached hydrogens (tertiary/aromatic N) is 2. The van der Waals surface area contributed by atoms with Crippen LogP contribution in [0.1, 0.15) is 16.1 Å². The third kappa shape index (κ3) is 2.76. The highest BCUT2D eigenvalue weighted by Crippen LogP contribution is 2.13. The number of aromatic nitrogens is 1. The maximum Gasteiger partial charge on any atom is 0.269 e. The molecule has 0 aliphatic heterocycles. The number of non-ortho nitro benzene ring substituents is 1. The van der Waals surface area contributed by atoms with Gasteiger partial charge in [0.2, 0.25) is 0 Å². The normalized spacial score (nSPS) is 10.0. The number of benzene rings is 1. The molecule has 0 saturated heterocycles. The van der Waals surface area contributed by atoms with Crippen LogP contribution in [0.15, 0.2) is 48.7 Å². The smallest absolute Gasteiger partial charge is 0.269 e. The standard InChI is InChI=1S/C13H10N2O3/c16-13(12-3-1-2-8-14-12)9-10-4-6-11(7-5-10)15(17)18/h1-8H,9H2. The van der Waals surface area contributed by atoms with Gasteiger partial charge >= 0.3 is 0 Å². The van der Waals surface area contributed by atoms with Gasteiger partial charge < -0.3 is 0 Å². The maximum atomic E-state index is 11.8. The molecule has 1 aromatic heterocycles. The van der Waals surface area contributed by atoms with Crippen LogP contribution in [0.3, 0.4) is 0 Å². The van der Waals surface area contributed by atoms with Gasteiger partial charge in [0, 0.05) is 24.8 Å². The monoisotopic (exact) mass is 242 g/mol. The summed E-state index contributed by atoms with van der Waals surface area (Å²) in [6.45, 7) is 0.